The molecule has 0 amide bonds. The maximum Gasteiger partial charge on any atom is 0.326 e. The highest BCUT2D eigenvalue weighted by atomic mass is 19.1. The molecular formula is C34H31FN4O4. The van der Waals surface area contributed by atoms with Gasteiger partial charge in [0.25, 0.3) is 10.9 Å². The fourth-order valence-corrected chi connectivity index (χ4v) is 5.93. The van der Waals surface area contributed by atoms with Crippen LogP contribution in [0.3, 0.4) is 0 Å². The maximum absolute atomic E-state index is 13.5. The second-order valence-corrected chi connectivity index (χ2v) is 11.2. The van der Waals surface area contributed by atoms with E-state index in [4.69, 9.17) is 4.98 Å². The molecule has 4 aromatic carbocycles. The van der Waals surface area contributed by atoms with Crippen LogP contribution in [0.25, 0.3) is 22.0 Å². The average molecular weight is 579 g/mol. The first-order valence-corrected chi connectivity index (χ1v) is 14.3. The van der Waals surface area contributed by atoms with Crippen LogP contribution in [0.4, 0.5) is 27.3 Å². The van der Waals surface area contributed by atoms with Crippen LogP contribution in [0.1, 0.15) is 32.3 Å². The van der Waals surface area contributed by atoms with Gasteiger partial charge in [0.15, 0.2) is 0 Å². The minimum Gasteiger partial charge on any atom is -0.480 e. The van der Waals surface area contributed by atoms with Crippen molar-refractivity contribution in [1.82, 2.24) is 4.98 Å². The zero-order chi connectivity index (χ0) is 30.2. The third-order valence-electron chi connectivity index (χ3n) is 8.25. The number of hydrogen-bond donors (Lipinski definition) is 3. The molecule has 1 fully saturated rings. The molecule has 2 unspecified atom stereocenters. The topological polar surface area (TPSA) is 112 Å². The number of halogens is 1. The first kappa shape index (κ1) is 28.1. The van der Waals surface area contributed by atoms with E-state index in [2.05, 4.69) is 10.6 Å². The number of rotatable bonds is 9. The molecule has 9 heteroatoms. The predicted octanol–water partition coefficient (Wildman–Crippen LogP) is 5.87. The number of hydrogen-bond acceptors (Lipinski definition) is 7. The highest BCUT2D eigenvalue weighted by Gasteiger charge is 2.36. The van der Waals surface area contributed by atoms with Crippen LogP contribution in [-0.4, -0.2) is 34.2 Å². The lowest BCUT2D eigenvalue weighted by Crippen LogP contribution is -2.48. The van der Waals surface area contributed by atoms with E-state index in [1.165, 1.54) is 12.1 Å². The molecule has 6 rings (SSSR count). The van der Waals surface area contributed by atoms with Gasteiger partial charge in [0.2, 0.25) is 0 Å². The van der Waals surface area contributed by atoms with E-state index < -0.39 is 22.9 Å². The van der Waals surface area contributed by atoms with Gasteiger partial charge in [0.05, 0.1) is 5.69 Å². The first-order valence-electron chi connectivity index (χ1n) is 14.3. The summed E-state index contributed by atoms with van der Waals surface area (Å²) in [5.74, 6) is -0.797. The summed E-state index contributed by atoms with van der Waals surface area (Å²) >= 11 is 0. The Kier molecular flexibility index (Phi) is 7.39. The van der Waals surface area contributed by atoms with E-state index in [1.54, 1.807) is 12.1 Å². The molecule has 1 aromatic heterocycles. The molecule has 0 saturated carbocycles. The number of carboxylic acid groups (broad SMARTS) is 1. The number of carboxylic acids is 1. The molecule has 0 spiro atoms. The van der Waals surface area contributed by atoms with Crippen molar-refractivity contribution in [2.24, 2.45) is 0 Å². The zero-order valence-electron chi connectivity index (χ0n) is 23.8. The van der Waals surface area contributed by atoms with Gasteiger partial charge >= 0.3 is 5.97 Å². The molecule has 43 heavy (non-hydrogen) atoms. The van der Waals surface area contributed by atoms with Crippen LogP contribution in [0.15, 0.2) is 88.5 Å². The SMILES string of the molecule is CC1CC[C@H](C)N1c1c(NC(Cc2ccc(Nc3nc(-c4ccc(F)cc4)cc4ccccc34)cc2)C(=O)O)c(=O)c1=O. The maximum atomic E-state index is 13.5. The molecule has 2 heterocycles. The third kappa shape index (κ3) is 5.46. The molecule has 1 aliphatic rings. The number of pyridine rings is 1. The fraction of sp³-hybridized carbons (Fsp3) is 0.235. The standard InChI is InChI=1S/C34H31FN4O4/c1-19-7-8-20(2)39(19)30-29(31(40)32(30)41)37-28(34(42)43)17-21-9-15-25(16-10-21)36-33-26-6-4-3-5-23(26)18-27(38-33)22-11-13-24(35)14-12-22/h3-6,9-16,18-20,28,37H,7-8,17H2,1-2H3,(H,36,38)(H,42,43)/t19-,20?,28?/m0/s1. The Hall–Kier alpha value is -5.05. The normalized spacial score (nSPS) is 17.3. The third-order valence-corrected chi connectivity index (χ3v) is 8.25. The Balaban J connectivity index is 1.22. The van der Waals surface area contributed by atoms with Gasteiger partial charge in [0.1, 0.15) is 29.1 Å². The first-order chi connectivity index (χ1) is 20.7. The summed E-state index contributed by atoms with van der Waals surface area (Å²) in [5, 5.41) is 18.1. The van der Waals surface area contributed by atoms with Crippen LogP contribution in [0.2, 0.25) is 0 Å². The molecule has 218 valence electrons. The summed E-state index contributed by atoms with van der Waals surface area (Å²) in [6.45, 7) is 4.01. The van der Waals surface area contributed by atoms with E-state index in [9.17, 15) is 23.9 Å². The summed E-state index contributed by atoms with van der Waals surface area (Å²) in [7, 11) is 0. The van der Waals surface area contributed by atoms with Gasteiger partial charge in [-0.1, -0.05) is 36.4 Å². The fourth-order valence-electron chi connectivity index (χ4n) is 5.93. The Labute approximate surface area is 247 Å². The van der Waals surface area contributed by atoms with Crippen molar-refractivity contribution in [3.63, 3.8) is 0 Å². The van der Waals surface area contributed by atoms with Gasteiger partial charge in [-0.2, -0.15) is 0 Å². The number of carbonyl (C=O) groups is 1. The minimum atomic E-state index is -1.11. The number of aliphatic carboxylic acids is 1. The van der Waals surface area contributed by atoms with Crippen LogP contribution >= 0.6 is 0 Å². The Morgan fingerprint density at radius 2 is 1.65 bits per heavy atom. The molecule has 0 aliphatic carbocycles. The minimum absolute atomic E-state index is 0.0928. The molecule has 0 bridgehead atoms. The lowest BCUT2D eigenvalue weighted by atomic mass is 10.0. The van der Waals surface area contributed by atoms with E-state index in [-0.39, 0.29) is 30.0 Å². The lowest BCUT2D eigenvalue weighted by Gasteiger charge is -2.32. The van der Waals surface area contributed by atoms with Crippen LogP contribution in [0.5, 0.6) is 0 Å². The van der Waals surface area contributed by atoms with Crippen LogP contribution in [0, 0.1) is 5.82 Å². The number of fused-ring (bicyclic) bond motifs is 1. The van der Waals surface area contributed by atoms with Gasteiger partial charge in [-0.25, -0.2) is 14.2 Å². The van der Waals surface area contributed by atoms with Gasteiger partial charge in [0, 0.05) is 35.1 Å². The van der Waals surface area contributed by atoms with Crippen molar-refractivity contribution in [3.8, 4) is 11.3 Å². The summed E-state index contributed by atoms with van der Waals surface area (Å²) in [6.07, 6.45) is 1.92. The summed E-state index contributed by atoms with van der Waals surface area (Å²) < 4.78 is 13.5. The molecule has 5 aromatic rings. The largest absolute Gasteiger partial charge is 0.480 e. The van der Waals surface area contributed by atoms with Crippen molar-refractivity contribution >= 4 is 39.6 Å². The van der Waals surface area contributed by atoms with Crippen molar-refractivity contribution < 1.29 is 14.3 Å². The number of nitrogens with zero attached hydrogens (tertiary/aromatic N) is 2. The second-order valence-electron chi connectivity index (χ2n) is 11.2. The van der Waals surface area contributed by atoms with Crippen LogP contribution in [-0.2, 0) is 11.2 Å². The van der Waals surface area contributed by atoms with Crippen molar-refractivity contribution in [2.45, 2.75) is 51.2 Å². The summed E-state index contributed by atoms with van der Waals surface area (Å²) in [6, 6.07) is 22.4. The smallest absolute Gasteiger partial charge is 0.326 e. The summed E-state index contributed by atoms with van der Waals surface area (Å²) in [5.41, 5.74) is 2.14. The van der Waals surface area contributed by atoms with E-state index in [0.717, 1.165) is 40.4 Å². The lowest BCUT2D eigenvalue weighted by molar-refractivity contribution is -0.137. The Morgan fingerprint density at radius 1 is 0.977 bits per heavy atom. The van der Waals surface area contributed by atoms with E-state index in [1.807, 2.05) is 73.3 Å². The zero-order valence-corrected chi connectivity index (χ0v) is 23.8. The van der Waals surface area contributed by atoms with Gasteiger partial charge in [-0.3, -0.25) is 9.59 Å². The monoisotopic (exact) mass is 578 g/mol. The number of aromatic nitrogens is 1. The molecule has 1 saturated heterocycles. The average Bonchev–Trinajstić information content (AvgIpc) is 3.33. The van der Waals surface area contributed by atoms with Gasteiger partial charge in [-0.05, 0) is 80.1 Å². The van der Waals surface area contributed by atoms with Crippen molar-refractivity contribution in [1.29, 1.82) is 0 Å². The summed E-state index contributed by atoms with van der Waals surface area (Å²) in [4.78, 5) is 43.9. The highest BCUT2D eigenvalue weighted by Crippen LogP contribution is 2.33. The van der Waals surface area contributed by atoms with Crippen molar-refractivity contribution in [3.05, 3.63) is 111 Å². The van der Waals surface area contributed by atoms with Crippen LogP contribution < -0.4 is 26.4 Å². The molecule has 3 N–H and O–H groups in total. The quantitative estimate of drug-likeness (QED) is 0.186. The molecule has 8 nitrogen and oxygen atoms in total. The number of benzene rings is 3. The number of anilines is 4. The molecular weight excluding hydrogens is 547 g/mol. The molecule has 1 aliphatic heterocycles. The molecule has 3 atom stereocenters. The molecule has 0 radical (unpaired) electrons. The Bertz CT molecular complexity index is 1870. The highest BCUT2D eigenvalue weighted by molar-refractivity contribution is 5.96. The van der Waals surface area contributed by atoms with Crippen molar-refractivity contribution in [2.75, 3.05) is 15.5 Å². The number of nitrogens with one attached hydrogen (secondary N) is 2. The van der Waals surface area contributed by atoms with E-state index in [0.29, 0.717) is 17.2 Å². The predicted molar refractivity (Wildman–Crippen MR) is 168 cm³/mol. The Morgan fingerprint density at radius 3 is 2.33 bits per heavy atom. The van der Waals surface area contributed by atoms with Gasteiger partial charge in [-0.15, -0.1) is 0 Å². The van der Waals surface area contributed by atoms with Gasteiger partial charge < -0.3 is 20.6 Å². The second kappa shape index (κ2) is 11.3. The van der Waals surface area contributed by atoms with E-state index >= 15 is 0 Å².